The lowest BCUT2D eigenvalue weighted by Gasteiger charge is -2.21. The molecule has 1 atom stereocenters. The summed E-state index contributed by atoms with van der Waals surface area (Å²) >= 11 is 3.35. The molecule has 0 aromatic heterocycles. The lowest BCUT2D eigenvalue weighted by molar-refractivity contribution is -0.122. The first kappa shape index (κ1) is 20.5. The fourth-order valence-corrected chi connectivity index (χ4v) is 3.37. The minimum absolute atomic E-state index is 0.000796. The Kier molecular flexibility index (Phi) is 6.91. The fraction of sp³-hybridized carbons (Fsp3) is 0.278. The average molecular weight is 443 g/mol. The molecule has 0 saturated heterocycles. The van der Waals surface area contributed by atoms with Gasteiger partial charge in [-0.05, 0) is 42.3 Å². The fourth-order valence-electron chi connectivity index (χ4n) is 2.37. The topological polar surface area (TPSA) is 66.5 Å². The molecule has 0 aliphatic rings. The molecule has 26 heavy (non-hydrogen) atoms. The maximum absolute atomic E-state index is 13.0. The molecule has 5 nitrogen and oxygen atoms in total. The van der Waals surface area contributed by atoms with Gasteiger partial charge in [-0.1, -0.05) is 40.2 Å². The highest BCUT2D eigenvalue weighted by Gasteiger charge is 2.21. The van der Waals surface area contributed by atoms with Gasteiger partial charge in [0, 0.05) is 11.0 Å². The van der Waals surface area contributed by atoms with Crippen LogP contribution in [0.3, 0.4) is 0 Å². The first-order chi connectivity index (χ1) is 12.1. The number of sulfonamides is 1. The van der Waals surface area contributed by atoms with E-state index >= 15 is 0 Å². The van der Waals surface area contributed by atoms with Crippen LogP contribution >= 0.6 is 15.9 Å². The van der Waals surface area contributed by atoms with Crippen molar-refractivity contribution in [1.29, 1.82) is 0 Å². The van der Waals surface area contributed by atoms with Crippen molar-refractivity contribution in [3.8, 4) is 0 Å². The number of hydrogen-bond acceptors (Lipinski definition) is 3. The molecular formula is C18H20BrFN2O3S. The molecule has 0 saturated carbocycles. The Hall–Kier alpha value is -1.77. The van der Waals surface area contributed by atoms with E-state index in [1.54, 1.807) is 0 Å². The maximum Gasteiger partial charge on any atom is 0.235 e. The Bertz CT molecular complexity index is 855. The van der Waals surface area contributed by atoms with E-state index in [0.29, 0.717) is 5.56 Å². The van der Waals surface area contributed by atoms with Crippen LogP contribution in [0.5, 0.6) is 0 Å². The third kappa shape index (κ3) is 6.19. The summed E-state index contributed by atoms with van der Waals surface area (Å²) in [5, 5.41) is 2.79. The predicted molar refractivity (Wildman–Crippen MR) is 102 cm³/mol. The van der Waals surface area contributed by atoms with Crippen LogP contribution in [0.4, 0.5) is 4.39 Å². The summed E-state index contributed by atoms with van der Waals surface area (Å²) in [6.45, 7) is 1.52. The van der Waals surface area contributed by atoms with Crippen molar-refractivity contribution in [2.45, 2.75) is 19.5 Å². The zero-order chi connectivity index (χ0) is 19.3. The first-order valence-electron chi connectivity index (χ1n) is 7.89. The van der Waals surface area contributed by atoms with Crippen LogP contribution in [0, 0.1) is 5.82 Å². The monoisotopic (exact) mass is 442 g/mol. The maximum atomic E-state index is 13.0. The van der Waals surface area contributed by atoms with E-state index in [-0.39, 0.29) is 19.1 Å². The quantitative estimate of drug-likeness (QED) is 0.715. The lowest BCUT2D eigenvalue weighted by Crippen LogP contribution is -2.40. The molecular weight excluding hydrogens is 423 g/mol. The van der Waals surface area contributed by atoms with Crippen molar-refractivity contribution in [2.75, 3.05) is 12.8 Å². The van der Waals surface area contributed by atoms with Crippen molar-refractivity contribution in [3.63, 3.8) is 0 Å². The second-order valence-electron chi connectivity index (χ2n) is 6.00. The molecule has 1 N–H and O–H groups in total. The average Bonchev–Trinajstić information content (AvgIpc) is 2.56. The van der Waals surface area contributed by atoms with E-state index in [1.807, 2.05) is 31.2 Å². The van der Waals surface area contributed by atoms with Crippen LogP contribution in [0.2, 0.25) is 0 Å². The number of amides is 1. The SMILES string of the molecule is C[C@@H](NC(=O)CN(Cc1ccc(F)cc1)S(C)(=O)=O)c1ccc(Br)cc1. The van der Waals surface area contributed by atoms with Gasteiger partial charge in [-0.2, -0.15) is 4.31 Å². The molecule has 2 aromatic carbocycles. The van der Waals surface area contributed by atoms with E-state index in [1.165, 1.54) is 24.3 Å². The number of nitrogens with one attached hydrogen (secondary N) is 1. The zero-order valence-electron chi connectivity index (χ0n) is 14.4. The molecule has 0 fully saturated rings. The van der Waals surface area contributed by atoms with E-state index in [4.69, 9.17) is 0 Å². The van der Waals surface area contributed by atoms with Crippen LogP contribution in [0.25, 0.3) is 0 Å². The Labute approximate surface area is 161 Å². The molecule has 1 amide bonds. The van der Waals surface area contributed by atoms with Gasteiger partial charge in [0.05, 0.1) is 18.8 Å². The summed E-state index contributed by atoms with van der Waals surface area (Å²) in [4.78, 5) is 12.3. The summed E-state index contributed by atoms with van der Waals surface area (Å²) in [6.07, 6.45) is 1.04. The van der Waals surface area contributed by atoms with Crippen LogP contribution < -0.4 is 5.32 Å². The zero-order valence-corrected chi connectivity index (χ0v) is 16.8. The number of carbonyl (C=O) groups excluding carboxylic acids is 1. The lowest BCUT2D eigenvalue weighted by atomic mass is 10.1. The Morgan fingerprint density at radius 3 is 2.27 bits per heavy atom. The van der Waals surface area contributed by atoms with Crippen LogP contribution in [-0.2, 0) is 21.4 Å². The van der Waals surface area contributed by atoms with Gasteiger partial charge in [-0.15, -0.1) is 0 Å². The van der Waals surface area contributed by atoms with E-state index in [2.05, 4.69) is 21.2 Å². The summed E-state index contributed by atoms with van der Waals surface area (Å²) in [6, 6.07) is 12.7. The van der Waals surface area contributed by atoms with Gasteiger partial charge in [0.1, 0.15) is 5.82 Å². The van der Waals surface area contributed by atoms with Crippen molar-refractivity contribution in [2.24, 2.45) is 0 Å². The Balaban J connectivity index is 2.04. The standard InChI is InChI=1S/C18H20BrFN2O3S/c1-13(15-5-7-16(19)8-6-15)21-18(23)12-22(26(2,24)25)11-14-3-9-17(20)10-4-14/h3-10,13H,11-12H2,1-2H3,(H,21,23)/t13-/m1/s1. The van der Waals surface area contributed by atoms with Crippen molar-refractivity contribution in [3.05, 3.63) is 69.9 Å². The van der Waals surface area contributed by atoms with Gasteiger partial charge in [0.15, 0.2) is 0 Å². The van der Waals surface area contributed by atoms with E-state index in [0.717, 1.165) is 20.6 Å². The molecule has 0 radical (unpaired) electrons. The molecule has 0 heterocycles. The van der Waals surface area contributed by atoms with Gasteiger partial charge in [-0.25, -0.2) is 12.8 Å². The molecule has 0 bridgehead atoms. The summed E-state index contributed by atoms with van der Waals surface area (Å²) < 4.78 is 39.0. The minimum Gasteiger partial charge on any atom is -0.348 e. The highest BCUT2D eigenvalue weighted by atomic mass is 79.9. The second kappa shape index (κ2) is 8.75. The third-order valence-electron chi connectivity index (χ3n) is 3.81. The van der Waals surface area contributed by atoms with E-state index < -0.39 is 21.7 Å². The highest BCUT2D eigenvalue weighted by Crippen LogP contribution is 2.17. The molecule has 0 aliphatic heterocycles. The van der Waals surface area contributed by atoms with Gasteiger partial charge in [-0.3, -0.25) is 4.79 Å². The number of benzene rings is 2. The van der Waals surface area contributed by atoms with Crippen molar-refractivity contribution >= 4 is 31.9 Å². The van der Waals surface area contributed by atoms with Gasteiger partial charge in [0.2, 0.25) is 15.9 Å². The number of nitrogens with zero attached hydrogens (tertiary/aromatic N) is 1. The normalized spacial score (nSPS) is 12.8. The second-order valence-corrected chi connectivity index (χ2v) is 8.90. The van der Waals surface area contributed by atoms with Crippen molar-refractivity contribution < 1.29 is 17.6 Å². The largest absolute Gasteiger partial charge is 0.348 e. The molecule has 2 rings (SSSR count). The van der Waals surface area contributed by atoms with E-state index in [9.17, 15) is 17.6 Å². The van der Waals surface area contributed by atoms with Crippen LogP contribution in [0.1, 0.15) is 24.1 Å². The summed E-state index contributed by atoms with van der Waals surface area (Å²) in [5.74, 6) is -0.811. The van der Waals surface area contributed by atoms with Crippen molar-refractivity contribution in [1.82, 2.24) is 9.62 Å². The number of hydrogen-bond donors (Lipinski definition) is 1. The van der Waals surface area contributed by atoms with Crippen LogP contribution in [-0.4, -0.2) is 31.4 Å². The Morgan fingerprint density at radius 1 is 1.15 bits per heavy atom. The number of carbonyl (C=O) groups is 1. The smallest absolute Gasteiger partial charge is 0.235 e. The van der Waals surface area contributed by atoms with Crippen LogP contribution in [0.15, 0.2) is 53.0 Å². The predicted octanol–water partition coefficient (Wildman–Crippen LogP) is 3.23. The molecule has 2 aromatic rings. The number of rotatable bonds is 7. The van der Waals surface area contributed by atoms with Gasteiger partial charge in [0.25, 0.3) is 0 Å². The molecule has 140 valence electrons. The molecule has 8 heteroatoms. The summed E-state index contributed by atoms with van der Waals surface area (Å²) in [7, 11) is -3.60. The molecule has 0 aliphatic carbocycles. The van der Waals surface area contributed by atoms with Gasteiger partial charge >= 0.3 is 0 Å². The Morgan fingerprint density at radius 2 is 1.73 bits per heavy atom. The van der Waals surface area contributed by atoms with Gasteiger partial charge < -0.3 is 5.32 Å². The first-order valence-corrected chi connectivity index (χ1v) is 10.5. The minimum atomic E-state index is -3.60. The third-order valence-corrected chi connectivity index (χ3v) is 5.53. The molecule has 0 spiro atoms. The molecule has 0 unspecified atom stereocenters. The number of halogens is 2. The highest BCUT2D eigenvalue weighted by molar-refractivity contribution is 9.10. The summed E-state index contributed by atoms with van der Waals surface area (Å²) in [5.41, 5.74) is 1.51.